The van der Waals surface area contributed by atoms with Crippen LogP contribution in [-0.4, -0.2) is 41.3 Å². The maximum Gasteiger partial charge on any atom is 0.214 e. The summed E-state index contributed by atoms with van der Waals surface area (Å²) < 4.78 is 6.19. The number of pyridine rings is 1. The van der Waals surface area contributed by atoms with Gasteiger partial charge in [0.05, 0.1) is 10.8 Å². The van der Waals surface area contributed by atoms with Crippen molar-refractivity contribution in [1.29, 1.82) is 0 Å². The van der Waals surface area contributed by atoms with Crippen molar-refractivity contribution in [3.8, 4) is 17.0 Å². The average molecular weight is 380 g/mol. The minimum absolute atomic E-state index is 0.239. The van der Waals surface area contributed by atoms with Crippen LogP contribution < -0.4 is 4.74 Å². The summed E-state index contributed by atoms with van der Waals surface area (Å²) in [4.78, 5) is 11.3. The van der Waals surface area contributed by atoms with Gasteiger partial charge in [0.1, 0.15) is 6.10 Å². The highest BCUT2D eigenvalue weighted by atomic mass is 32.1. The summed E-state index contributed by atoms with van der Waals surface area (Å²) in [6, 6.07) is 6.38. The van der Waals surface area contributed by atoms with E-state index in [1.165, 1.54) is 23.1 Å². The summed E-state index contributed by atoms with van der Waals surface area (Å²) in [6.07, 6.45) is 7.51. The van der Waals surface area contributed by atoms with Crippen LogP contribution >= 0.6 is 12.2 Å². The summed E-state index contributed by atoms with van der Waals surface area (Å²) in [5.74, 6) is 0.694. The van der Waals surface area contributed by atoms with Gasteiger partial charge >= 0.3 is 0 Å². The first kappa shape index (κ1) is 18.3. The number of hydrogen-bond acceptors (Lipinski definition) is 5. The number of fused-ring (bicyclic) bond motifs is 1. The Labute approximate surface area is 166 Å². The van der Waals surface area contributed by atoms with Gasteiger partial charge in [-0.15, -0.1) is 0 Å². The lowest BCUT2D eigenvalue weighted by molar-refractivity contribution is 0.110. The fourth-order valence-corrected chi connectivity index (χ4v) is 4.40. The number of hydrogen-bond donors (Lipinski definition) is 0. The smallest absolute Gasteiger partial charge is 0.214 e. The molecule has 0 unspecified atom stereocenters. The van der Waals surface area contributed by atoms with Crippen molar-refractivity contribution in [3.05, 3.63) is 41.1 Å². The van der Waals surface area contributed by atoms with Gasteiger partial charge in [-0.05, 0) is 86.6 Å². The average Bonchev–Trinajstić information content (AvgIpc) is 3.12. The predicted octanol–water partition coefficient (Wildman–Crippen LogP) is 4.75. The van der Waals surface area contributed by atoms with Gasteiger partial charge in [-0.3, -0.25) is 0 Å². The number of thiocarbonyl (C=S) groups is 1. The minimum atomic E-state index is 0.239. The summed E-state index contributed by atoms with van der Waals surface area (Å²) in [7, 11) is 2.16. The Morgan fingerprint density at radius 1 is 1.26 bits per heavy atom. The van der Waals surface area contributed by atoms with Crippen LogP contribution in [-0.2, 0) is 12.8 Å². The SMILES string of the molecule is Cc1cc2c(c(N=C=S)c1-c1ccnc(OC3CCN(C)CC3)c1)CCC2. The lowest BCUT2D eigenvalue weighted by Crippen LogP contribution is -2.35. The van der Waals surface area contributed by atoms with Crippen molar-refractivity contribution in [2.45, 2.75) is 45.1 Å². The second kappa shape index (κ2) is 7.89. The number of benzene rings is 1. The van der Waals surface area contributed by atoms with Gasteiger partial charge in [-0.1, -0.05) is 6.07 Å². The molecule has 1 fully saturated rings. The molecule has 2 aliphatic rings. The van der Waals surface area contributed by atoms with E-state index in [0.29, 0.717) is 5.88 Å². The third-order valence-electron chi connectivity index (χ3n) is 5.70. The number of rotatable bonds is 4. The van der Waals surface area contributed by atoms with Crippen molar-refractivity contribution >= 4 is 23.1 Å². The first-order chi connectivity index (χ1) is 13.2. The molecule has 1 aliphatic carbocycles. The fraction of sp³-hybridized carbons (Fsp3) is 0.455. The molecule has 1 aromatic heterocycles. The van der Waals surface area contributed by atoms with Crippen molar-refractivity contribution < 1.29 is 4.74 Å². The molecule has 0 atom stereocenters. The monoisotopic (exact) mass is 379 g/mol. The summed E-state index contributed by atoms with van der Waals surface area (Å²) in [6.45, 7) is 4.29. The zero-order valence-corrected chi connectivity index (χ0v) is 16.8. The van der Waals surface area contributed by atoms with Gasteiger partial charge in [-0.2, -0.15) is 4.99 Å². The van der Waals surface area contributed by atoms with Crippen LogP contribution in [0.15, 0.2) is 29.4 Å². The molecule has 0 saturated carbocycles. The highest BCUT2D eigenvalue weighted by Gasteiger charge is 2.22. The molecule has 2 heterocycles. The Hall–Kier alpha value is -2.07. The maximum atomic E-state index is 6.19. The van der Waals surface area contributed by atoms with Crippen molar-refractivity contribution in [3.63, 3.8) is 0 Å². The van der Waals surface area contributed by atoms with E-state index in [1.807, 2.05) is 18.3 Å². The molecule has 0 radical (unpaired) electrons. The number of ether oxygens (including phenoxy) is 1. The first-order valence-corrected chi connectivity index (χ1v) is 10.1. The van der Waals surface area contributed by atoms with Crippen molar-refractivity contribution in [2.24, 2.45) is 4.99 Å². The predicted molar refractivity (Wildman–Crippen MR) is 112 cm³/mol. The van der Waals surface area contributed by atoms with Crippen LogP contribution in [0.1, 0.15) is 36.0 Å². The van der Waals surface area contributed by atoms with Crippen LogP contribution in [0.4, 0.5) is 5.69 Å². The van der Waals surface area contributed by atoms with Gasteiger partial charge in [0.25, 0.3) is 0 Å². The molecule has 0 spiro atoms. The molecule has 0 bridgehead atoms. The summed E-state index contributed by atoms with van der Waals surface area (Å²) in [5, 5.41) is 2.59. The van der Waals surface area contributed by atoms with Crippen molar-refractivity contribution in [2.75, 3.05) is 20.1 Å². The Kier molecular flexibility index (Phi) is 5.35. The molecular weight excluding hydrogens is 354 g/mol. The molecular formula is C22H25N3OS. The van der Waals surface area contributed by atoms with Gasteiger partial charge in [-0.25, -0.2) is 4.98 Å². The molecule has 0 N–H and O–H groups in total. The van der Waals surface area contributed by atoms with E-state index in [1.54, 1.807) is 0 Å². The normalized spacial score (nSPS) is 17.4. The van der Waals surface area contributed by atoms with Crippen LogP contribution in [0.25, 0.3) is 11.1 Å². The molecule has 0 amide bonds. The third kappa shape index (κ3) is 3.81. The van der Waals surface area contributed by atoms with E-state index in [-0.39, 0.29) is 6.10 Å². The fourth-order valence-electron chi connectivity index (χ4n) is 4.30. The largest absolute Gasteiger partial charge is 0.474 e. The Balaban J connectivity index is 1.69. The van der Waals surface area contributed by atoms with Crippen molar-refractivity contribution in [1.82, 2.24) is 9.88 Å². The van der Waals surface area contributed by atoms with Crippen LogP contribution in [0.3, 0.4) is 0 Å². The van der Waals surface area contributed by atoms with E-state index in [0.717, 1.165) is 55.6 Å². The molecule has 1 aromatic carbocycles. The molecule has 27 heavy (non-hydrogen) atoms. The Morgan fingerprint density at radius 2 is 2.07 bits per heavy atom. The zero-order chi connectivity index (χ0) is 18.8. The quantitative estimate of drug-likeness (QED) is 0.567. The van der Waals surface area contributed by atoms with Crippen LogP contribution in [0.5, 0.6) is 5.88 Å². The first-order valence-electron chi connectivity index (χ1n) is 9.70. The van der Waals surface area contributed by atoms with Gasteiger partial charge in [0.2, 0.25) is 5.88 Å². The lowest BCUT2D eigenvalue weighted by atomic mass is 9.93. The highest BCUT2D eigenvalue weighted by Crippen LogP contribution is 2.42. The molecule has 5 heteroatoms. The minimum Gasteiger partial charge on any atom is -0.474 e. The number of likely N-dealkylation sites (tertiary alicyclic amines) is 1. The van der Waals surface area contributed by atoms with E-state index >= 15 is 0 Å². The highest BCUT2D eigenvalue weighted by molar-refractivity contribution is 7.78. The number of aromatic nitrogens is 1. The van der Waals surface area contributed by atoms with Crippen LogP contribution in [0, 0.1) is 6.92 Å². The Morgan fingerprint density at radius 3 is 2.85 bits per heavy atom. The Bertz CT molecular complexity index is 897. The maximum absolute atomic E-state index is 6.19. The number of aryl methyl sites for hydroxylation is 2. The topological polar surface area (TPSA) is 37.7 Å². The second-order valence-corrected chi connectivity index (χ2v) is 7.80. The molecule has 2 aromatic rings. The lowest BCUT2D eigenvalue weighted by Gasteiger charge is -2.29. The molecule has 140 valence electrons. The van der Waals surface area contributed by atoms with Gasteiger partial charge in [0.15, 0.2) is 0 Å². The molecule has 1 saturated heterocycles. The molecule has 4 nitrogen and oxygen atoms in total. The summed E-state index contributed by atoms with van der Waals surface area (Å²) in [5.41, 5.74) is 7.14. The molecule has 4 rings (SSSR count). The number of nitrogens with zero attached hydrogens (tertiary/aromatic N) is 3. The van der Waals surface area contributed by atoms with E-state index < -0.39 is 0 Å². The summed E-state index contributed by atoms with van der Waals surface area (Å²) >= 11 is 4.94. The third-order valence-corrected chi connectivity index (χ3v) is 5.79. The number of aliphatic imine (C=N–C) groups is 1. The van der Waals surface area contributed by atoms with Gasteiger partial charge < -0.3 is 9.64 Å². The van der Waals surface area contributed by atoms with E-state index in [2.05, 4.69) is 40.1 Å². The van der Waals surface area contributed by atoms with Gasteiger partial charge in [0, 0.05) is 30.9 Å². The number of piperidine rings is 1. The zero-order valence-electron chi connectivity index (χ0n) is 16.0. The standard InChI is InChI=1S/C22H25N3OS/c1-15-12-16-4-3-5-19(16)22(24-14-27)21(15)17-6-9-23-20(13-17)26-18-7-10-25(2)11-8-18/h6,9,12-13,18H,3-5,7-8,10-11H2,1-2H3. The second-order valence-electron chi connectivity index (χ2n) is 7.61. The van der Waals surface area contributed by atoms with E-state index in [9.17, 15) is 0 Å². The van der Waals surface area contributed by atoms with E-state index in [4.69, 9.17) is 17.0 Å². The van der Waals surface area contributed by atoms with Crippen LogP contribution in [0.2, 0.25) is 0 Å². The number of isothiocyanates is 1. The molecule has 1 aliphatic heterocycles.